The maximum atomic E-state index is 14.3. The maximum absolute atomic E-state index is 14.3. The summed E-state index contributed by atoms with van der Waals surface area (Å²) < 4.78 is 39.4. The Kier molecular flexibility index (Phi) is 6.94. The topological polar surface area (TPSA) is 80.8 Å². The summed E-state index contributed by atoms with van der Waals surface area (Å²) in [6.07, 6.45) is 3.36. The van der Waals surface area contributed by atoms with E-state index in [2.05, 4.69) is 10.3 Å². The second-order valence-corrected chi connectivity index (χ2v) is 10.8. The van der Waals surface area contributed by atoms with Crippen LogP contribution in [0.2, 0.25) is 0 Å². The van der Waals surface area contributed by atoms with Gasteiger partial charge in [0.2, 0.25) is 0 Å². The molecular formula is C27H33F2N3O4. The Bertz CT molecular complexity index is 1160. The highest BCUT2D eigenvalue weighted by molar-refractivity contribution is 6.01. The molecule has 0 bridgehead atoms. The molecule has 9 heteroatoms. The molecule has 1 aromatic carbocycles. The van der Waals surface area contributed by atoms with Crippen LogP contribution in [-0.4, -0.2) is 47.9 Å². The molecule has 2 fully saturated rings. The monoisotopic (exact) mass is 501 g/mol. The van der Waals surface area contributed by atoms with E-state index in [1.165, 1.54) is 18.3 Å². The number of hydrogen-bond acceptors (Lipinski definition) is 6. The molecule has 0 spiro atoms. The van der Waals surface area contributed by atoms with Gasteiger partial charge >= 0.3 is 12.1 Å². The minimum atomic E-state index is -0.711. The number of carbonyl (C=O) groups excluding carboxylic acids is 2. The van der Waals surface area contributed by atoms with E-state index in [-0.39, 0.29) is 18.1 Å². The molecule has 1 saturated carbocycles. The van der Waals surface area contributed by atoms with Crippen LogP contribution in [0.15, 0.2) is 24.4 Å². The lowest BCUT2D eigenvalue weighted by Gasteiger charge is -2.30. The zero-order valence-electron chi connectivity index (χ0n) is 21.4. The lowest BCUT2D eigenvalue weighted by molar-refractivity contribution is 0.0470. The lowest BCUT2D eigenvalue weighted by atomic mass is 9.95. The van der Waals surface area contributed by atoms with Gasteiger partial charge in [-0.25, -0.2) is 18.4 Å². The van der Waals surface area contributed by atoms with Crippen LogP contribution in [0, 0.1) is 11.6 Å². The predicted octanol–water partition coefficient (Wildman–Crippen LogP) is 5.57. The van der Waals surface area contributed by atoms with E-state index < -0.39 is 34.8 Å². The van der Waals surface area contributed by atoms with Gasteiger partial charge in [-0.2, -0.15) is 0 Å². The van der Waals surface area contributed by atoms with Crippen molar-refractivity contribution in [2.24, 2.45) is 0 Å². The molecular weight excluding hydrogens is 468 g/mol. The third-order valence-corrected chi connectivity index (χ3v) is 6.28. The smallest absolute Gasteiger partial charge is 0.408 e. The summed E-state index contributed by atoms with van der Waals surface area (Å²) in [5, 5.41) is 2.96. The van der Waals surface area contributed by atoms with Crippen LogP contribution in [0.1, 0.15) is 75.9 Å². The molecule has 36 heavy (non-hydrogen) atoms. The van der Waals surface area contributed by atoms with Gasteiger partial charge in [0.25, 0.3) is 0 Å². The van der Waals surface area contributed by atoms with Crippen molar-refractivity contribution in [2.75, 3.05) is 24.6 Å². The number of hydrogen-bond donors (Lipinski definition) is 1. The van der Waals surface area contributed by atoms with E-state index in [1.807, 2.05) is 11.8 Å². The molecule has 2 aromatic rings. The van der Waals surface area contributed by atoms with Gasteiger partial charge in [-0.1, -0.05) is 0 Å². The summed E-state index contributed by atoms with van der Waals surface area (Å²) in [6.45, 7) is 10.0. The van der Waals surface area contributed by atoms with Crippen LogP contribution in [0.3, 0.4) is 0 Å². The molecule has 2 heterocycles. The summed E-state index contributed by atoms with van der Waals surface area (Å²) in [5.41, 5.74) is 1.00. The zero-order valence-corrected chi connectivity index (χ0v) is 21.4. The standard InChI is InChI=1S/C27H33F2N3O4/c1-6-35-24(33)20-14-30-22(16-7-8-16)21(17-11-18(28)13-19(29)12-17)23(20)32-10-9-27(5,15-32)31-25(34)36-26(2,3)4/h11-14,16H,6-10,15H2,1-5H3,(H,31,34)/t27-/m0/s1. The average molecular weight is 502 g/mol. The number of aromatic nitrogens is 1. The lowest BCUT2D eigenvalue weighted by Crippen LogP contribution is -2.49. The summed E-state index contributed by atoms with van der Waals surface area (Å²) in [6, 6.07) is 3.34. The molecule has 1 amide bonds. The van der Waals surface area contributed by atoms with E-state index in [9.17, 15) is 18.4 Å². The van der Waals surface area contributed by atoms with Crippen molar-refractivity contribution in [3.05, 3.63) is 47.3 Å². The van der Waals surface area contributed by atoms with E-state index in [4.69, 9.17) is 9.47 Å². The number of nitrogens with zero attached hydrogens (tertiary/aromatic N) is 2. The van der Waals surface area contributed by atoms with Crippen LogP contribution < -0.4 is 10.2 Å². The number of ether oxygens (including phenoxy) is 2. The number of pyridine rings is 1. The van der Waals surface area contributed by atoms with E-state index in [1.54, 1.807) is 27.7 Å². The molecule has 1 atom stereocenters. The van der Waals surface area contributed by atoms with Gasteiger partial charge in [-0.15, -0.1) is 0 Å². The van der Waals surface area contributed by atoms with Gasteiger partial charge in [0.05, 0.1) is 23.5 Å². The Hall–Kier alpha value is -3.23. The van der Waals surface area contributed by atoms with E-state index in [0.717, 1.165) is 18.9 Å². The molecule has 2 aliphatic rings. The first kappa shape index (κ1) is 25.9. The van der Waals surface area contributed by atoms with Crippen molar-refractivity contribution in [3.63, 3.8) is 0 Å². The van der Waals surface area contributed by atoms with Crippen molar-refractivity contribution >= 4 is 17.7 Å². The van der Waals surface area contributed by atoms with Gasteiger partial charge in [0, 0.05) is 36.8 Å². The molecule has 1 aliphatic heterocycles. The molecule has 0 radical (unpaired) electrons. The molecule has 1 saturated heterocycles. The number of alkyl carbamates (subject to hydrolysis) is 1. The van der Waals surface area contributed by atoms with Gasteiger partial charge in [0.15, 0.2) is 0 Å². The minimum Gasteiger partial charge on any atom is -0.462 e. The fraction of sp³-hybridized carbons (Fsp3) is 0.519. The van der Waals surface area contributed by atoms with Crippen LogP contribution in [-0.2, 0) is 9.47 Å². The summed E-state index contributed by atoms with van der Waals surface area (Å²) in [4.78, 5) is 32.1. The number of nitrogens with one attached hydrogen (secondary N) is 1. The third kappa shape index (κ3) is 5.77. The third-order valence-electron chi connectivity index (χ3n) is 6.28. The van der Waals surface area contributed by atoms with Crippen LogP contribution in [0.4, 0.5) is 19.3 Å². The first-order valence-corrected chi connectivity index (χ1v) is 12.3. The molecule has 194 valence electrons. The zero-order chi connectivity index (χ0) is 26.3. The second-order valence-electron chi connectivity index (χ2n) is 10.8. The van der Waals surface area contributed by atoms with E-state index in [0.29, 0.717) is 42.0 Å². The highest BCUT2D eigenvalue weighted by Crippen LogP contribution is 2.48. The largest absolute Gasteiger partial charge is 0.462 e. The highest BCUT2D eigenvalue weighted by Gasteiger charge is 2.40. The molecule has 1 aromatic heterocycles. The van der Waals surface area contributed by atoms with Crippen LogP contribution in [0.25, 0.3) is 11.1 Å². The number of anilines is 1. The average Bonchev–Trinajstić information content (AvgIpc) is 3.53. The van der Waals surface area contributed by atoms with Crippen LogP contribution in [0.5, 0.6) is 0 Å². The van der Waals surface area contributed by atoms with E-state index >= 15 is 0 Å². The normalized spacial score (nSPS) is 19.8. The molecule has 0 unspecified atom stereocenters. The van der Waals surface area contributed by atoms with Gasteiger partial charge in [0.1, 0.15) is 22.8 Å². The predicted molar refractivity (Wildman–Crippen MR) is 132 cm³/mol. The molecule has 1 N–H and O–H groups in total. The Morgan fingerprint density at radius 1 is 1.19 bits per heavy atom. The minimum absolute atomic E-state index is 0.148. The van der Waals surface area contributed by atoms with Gasteiger partial charge in [-0.3, -0.25) is 4.98 Å². The van der Waals surface area contributed by atoms with Crippen LogP contribution >= 0.6 is 0 Å². The quantitative estimate of drug-likeness (QED) is 0.521. The first-order chi connectivity index (χ1) is 16.9. The number of esters is 1. The Labute approximate surface area is 210 Å². The number of halogens is 2. The first-order valence-electron chi connectivity index (χ1n) is 12.3. The molecule has 1 aliphatic carbocycles. The summed E-state index contributed by atoms with van der Waals surface area (Å²) in [5.74, 6) is -1.83. The van der Waals surface area contributed by atoms with Crippen molar-refractivity contribution in [3.8, 4) is 11.1 Å². The Morgan fingerprint density at radius 2 is 1.86 bits per heavy atom. The van der Waals surface area contributed by atoms with Gasteiger partial charge < -0.3 is 19.7 Å². The number of amides is 1. The fourth-order valence-electron chi connectivity index (χ4n) is 4.66. The summed E-state index contributed by atoms with van der Waals surface area (Å²) in [7, 11) is 0. The molecule has 7 nitrogen and oxygen atoms in total. The number of benzene rings is 1. The maximum Gasteiger partial charge on any atom is 0.408 e. The van der Waals surface area contributed by atoms with Crippen molar-refractivity contribution < 1.29 is 27.8 Å². The van der Waals surface area contributed by atoms with Crippen molar-refractivity contribution in [1.82, 2.24) is 10.3 Å². The number of rotatable bonds is 6. The van der Waals surface area contributed by atoms with Gasteiger partial charge in [-0.05, 0) is 71.6 Å². The Morgan fingerprint density at radius 3 is 2.44 bits per heavy atom. The second kappa shape index (κ2) is 9.67. The fourth-order valence-corrected chi connectivity index (χ4v) is 4.66. The highest BCUT2D eigenvalue weighted by atomic mass is 19.1. The van der Waals surface area contributed by atoms with Crippen molar-refractivity contribution in [1.29, 1.82) is 0 Å². The summed E-state index contributed by atoms with van der Waals surface area (Å²) >= 11 is 0. The Balaban J connectivity index is 1.80. The van der Waals surface area contributed by atoms with Crippen molar-refractivity contribution in [2.45, 2.75) is 70.9 Å². The number of carbonyl (C=O) groups is 2. The molecule has 4 rings (SSSR count). The SMILES string of the molecule is CCOC(=O)c1cnc(C2CC2)c(-c2cc(F)cc(F)c2)c1N1CC[C@](C)(NC(=O)OC(C)(C)C)C1.